The first-order valence-electron chi connectivity index (χ1n) is 12.7. The topological polar surface area (TPSA) is 117 Å². The van der Waals surface area contributed by atoms with Crippen molar-refractivity contribution in [3.05, 3.63) is 17.0 Å². The van der Waals surface area contributed by atoms with Crippen molar-refractivity contribution < 1.29 is 23.9 Å². The van der Waals surface area contributed by atoms with E-state index in [1.54, 1.807) is 26.4 Å². The molecule has 1 aromatic heterocycles. The second-order valence-electron chi connectivity index (χ2n) is 10.1. The number of carbonyl (C=O) groups excluding carboxylic acids is 4. The number of hydrogen-bond donors (Lipinski definition) is 1. The smallest absolute Gasteiger partial charge is 0.272 e. The SMILES string of the molecule is COCC(=O)N1CCCC(=O)N(CC(C)C)CC(=O)N(C)C2CCc3c(c(nn3C)C(=O)NCC1)C2. The van der Waals surface area contributed by atoms with E-state index in [-0.39, 0.29) is 61.7 Å². The van der Waals surface area contributed by atoms with Gasteiger partial charge in [0.25, 0.3) is 5.91 Å². The van der Waals surface area contributed by atoms with Crippen LogP contribution in [0.3, 0.4) is 0 Å². The molecule has 1 aliphatic heterocycles. The van der Waals surface area contributed by atoms with Crippen LogP contribution in [0.5, 0.6) is 0 Å². The Morgan fingerprint density at radius 1 is 1.14 bits per heavy atom. The van der Waals surface area contributed by atoms with Gasteiger partial charge in [-0.3, -0.25) is 23.9 Å². The molecular weight excluding hydrogens is 464 g/mol. The van der Waals surface area contributed by atoms with Crippen molar-refractivity contribution in [3.8, 4) is 0 Å². The maximum Gasteiger partial charge on any atom is 0.272 e. The minimum atomic E-state index is -0.289. The number of nitrogens with zero attached hydrogens (tertiary/aromatic N) is 5. The van der Waals surface area contributed by atoms with Crippen LogP contribution in [0.2, 0.25) is 0 Å². The van der Waals surface area contributed by atoms with Gasteiger partial charge in [-0.05, 0) is 31.6 Å². The molecule has 0 fully saturated rings. The van der Waals surface area contributed by atoms with Gasteiger partial charge in [0.1, 0.15) is 6.61 Å². The molecule has 0 aromatic carbocycles. The Hall–Kier alpha value is -2.95. The molecule has 1 N–H and O–H groups in total. The van der Waals surface area contributed by atoms with Gasteiger partial charge in [-0.25, -0.2) is 0 Å². The number of likely N-dealkylation sites (N-methyl/N-ethyl adjacent to an activating group) is 1. The maximum atomic E-state index is 13.2. The van der Waals surface area contributed by atoms with Crippen LogP contribution in [0, 0.1) is 5.92 Å². The number of aryl methyl sites for hydroxylation is 1. The summed E-state index contributed by atoms with van der Waals surface area (Å²) in [5, 5.41) is 7.37. The van der Waals surface area contributed by atoms with Crippen LogP contribution < -0.4 is 5.32 Å². The molecule has 2 bridgehead atoms. The van der Waals surface area contributed by atoms with Crippen molar-refractivity contribution in [2.75, 3.05) is 53.5 Å². The van der Waals surface area contributed by atoms with Crippen molar-refractivity contribution in [2.24, 2.45) is 13.0 Å². The van der Waals surface area contributed by atoms with E-state index in [1.807, 2.05) is 20.9 Å². The molecule has 2 heterocycles. The van der Waals surface area contributed by atoms with Crippen molar-refractivity contribution >= 4 is 23.6 Å². The maximum absolute atomic E-state index is 13.2. The molecule has 1 aromatic rings. The lowest BCUT2D eigenvalue weighted by atomic mass is 9.90. The molecule has 0 saturated heterocycles. The van der Waals surface area contributed by atoms with Crippen molar-refractivity contribution in [1.29, 1.82) is 0 Å². The average Bonchev–Trinajstić information content (AvgIpc) is 3.17. The molecule has 1 aliphatic carbocycles. The molecule has 11 nitrogen and oxygen atoms in total. The molecule has 2 aliphatic rings. The number of amides is 4. The molecular formula is C25H40N6O5. The van der Waals surface area contributed by atoms with Crippen molar-refractivity contribution in [2.45, 2.75) is 52.0 Å². The molecule has 11 heteroatoms. The molecule has 0 spiro atoms. The lowest BCUT2D eigenvalue weighted by molar-refractivity contribution is -0.141. The van der Waals surface area contributed by atoms with Gasteiger partial charge in [0.15, 0.2) is 5.69 Å². The fraction of sp³-hybridized carbons (Fsp3) is 0.720. The van der Waals surface area contributed by atoms with E-state index in [1.165, 1.54) is 7.11 Å². The highest BCUT2D eigenvalue weighted by atomic mass is 16.5. The Labute approximate surface area is 213 Å². The largest absolute Gasteiger partial charge is 0.375 e. The van der Waals surface area contributed by atoms with Crippen molar-refractivity contribution in [1.82, 2.24) is 29.8 Å². The third-order valence-electron chi connectivity index (χ3n) is 6.96. The Balaban J connectivity index is 1.89. The van der Waals surface area contributed by atoms with Gasteiger partial charge in [-0.2, -0.15) is 5.10 Å². The minimum Gasteiger partial charge on any atom is -0.375 e. The fourth-order valence-corrected chi connectivity index (χ4v) is 5.00. The molecule has 3 rings (SSSR count). The number of ether oxygens (including phenoxy) is 1. The van der Waals surface area contributed by atoms with Crippen LogP contribution in [-0.4, -0.2) is 108 Å². The molecule has 0 radical (unpaired) electrons. The fourth-order valence-electron chi connectivity index (χ4n) is 5.00. The second kappa shape index (κ2) is 12.3. The number of hydrogen-bond acceptors (Lipinski definition) is 6. The van der Waals surface area contributed by atoms with Crippen molar-refractivity contribution in [3.63, 3.8) is 0 Å². The van der Waals surface area contributed by atoms with E-state index in [0.717, 1.165) is 17.7 Å². The zero-order valence-corrected chi connectivity index (χ0v) is 22.2. The zero-order chi connectivity index (χ0) is 26.4. The van der Waals surface area contributed by atoms with Crippen LogP contribution in [0.25, 0.3) is 0 Å². The molecule has 4 amide bonds. The summed E-state index contributed by atoms with van der Waals surface area (Å²) in [5.74, 6) is -0.487. The Kier molecular flexibility index (Phi) is 9.47. The Morgan fingerprint density at radius 3 is 2.58 bits per heavy atom. The predicted molar refractivity (Wildman–Crippen MR) is 133 cm³/mol. The number of fused-ring (bicyclic) bond motifs is 1. The van der Waals surface area contributed by atoms with E-state index in [0.29, 0.717) is 44.6 Å². The van der Waals surface area contributed by atoms with Crippen LogP contribution in [0.4, 0.5) is 0 Å². The molecule has 200 valence electrons. The molecule has 36 heavy (non-hydrogen) atoms. The van der Waals surface area contributed by atoms with Gasteiger partial charge in [0, 0.05) is 71.1 Å². The first-order valence-corrected chi connectivity index (χ1v) is 12.7. The van der Waals surface area contributed by atoms with E-state index < -0.39 is 0 Å². The molecule has 1 atom stereocenters. The van der Waals surface area contributed by atoms with Gasteiger partial charge in [-0.15, -0.1) is 0 Å². The Morgan fingerprint density at radius 2 is 1.89 bits per heavy atom. The zero-order valence-electron chi connectivity index (χ0n) is 22.2. The minimum absolute atomic E-state index is 0.0174. The predicted octanol–water partition coefficient (Wildman–Crippen LogP) is 0.219. The number of methoxy groups -OCH3 is 1. The van der Waals surface area contributed by atoms with Crippen LogP contribution >= 0.6 is 0 Å². The van der Waals surface area contributed by atoms with E-state index in [4.69, 9.17) is 4.74 Å². The summed E-state index contributed by atoms with van der Waals surface area (Å²) in [6.45, 7) is 5.39. The summed E-state index contributed by atoms with van der Waals surface area (Å²) in [5.41, 5.74) is 2.23. The second-order valence-corrected chi connectivity index (χ2v) is 10.1. The molecule has 1 unspecified atom stereocenters. The third kappa shape index (κ3) is 6.63. The summed E-state index contributed by atoms with van der Waals surface area (Å²) >= 11 is 0. The first-order chi connectivity index (χ1) is 17.1. The summed E-state index contributed by atoms with van der Waals surface area (Å²) in [6.07, 6.45) is 2.70. The number of aromatic nitrogens is 2. The van der Waals surface area contributed by atoms with E-state index in [2.05, 4.69) is 10.4 Å². The monoisotopic (exact) mass is 504 g/mol. The number of carbonyl (C=O) groups is 4. The quantitative estimate of drug-likeness (QED) is 0.627. The van der Waals surface area contributed by atoms with Gasteiger partial charge >= 0.3 is 0 Å². The normalized spacial score (nSPS) is 20.6. The lowest BCUT2D eigenvalue weighted by Gasteiger charge is -2.34. The van der Waals surface area contributed by atoms with Gasteiger partial charge in [0.05, 0.1) is 6.54 Å². The van der Waals surface area contributed by atoms with Crippen LogP contribution in [-0.2, 0) is 39.0 Å². The summed E-state index contributed by atoms with van der Waals surface area (Å²) < 4.78 is 6.75. The summed E-state index contributed by atoms with van der Waals surface area (Å²) in [6, 6.07) is -0.0745. The first kappa shape index (κ1) is 27.6. The highest BCUT2D eigenvalue weighted by Crippen LogP contribution is 2.27. The number of nitrogens with one attached hydrogen (secondary N) is 1. The highest BCUT2D eigenvalue weighted by molar-refractivity contribution is 5.94. The van der Waals surface area contributed by atoms with Gasteiger partial charge < -0.3 is 24.8 Å². The van der Waals surface area contributed by atoms with Gasteiger partial charge in [-0.1, -0.05) is 13.8 Å². The van der Waals surface area contributed by atoms with Gasteiger partial charge in [0.2, 0.25) is 17.7 Å². The van der Waals surface area contributed by atoms with Crippen LogP contribution in [0.15, 0.2) is 0 Å². The third-order valence-corrected chi connectivity index (χ3v) is 6.96. The summed E-state index contributed by atoms with van der Waals surface area (Å²) in [7, 11) is 5.06. The average molecular weight is 505 g/mol. The number of rotatable bonds is 4. The van der Waals surface area contributed by atoms with Crippen LogP contribution in [0.1, 0.15) is 54.9 Å². The molecule has 0 saturated carbocycles. The standard InChI is InChI=1S/C25H40N6O5/c1-17(2)14-31-15-22(33)28(3)18-8-9-20-19(13-18)24(27-29(20)4)25(35)26-10-12-30(23(34)16-36-5)11-6-7-21(31)32/h17-18H,6-16H2,1-5H3,(H,26,35). The lowest BCUT2D eigenvalue weighted by Crippen LogP contribution is -2.47. The Bertz CT molecular complexity index is 974. The summed E-state index contributed by atoms with van der Waals surface area (Å²) in [4.78, 5) is 56.9. The highest BCUT2D eigenvalue weighted by Gasteiger charge is 2.32. The van der Waals surface area contributed by atoms with E-state index in [9.17, 15) is 19.2 Å². The van der Waals surface area contributed by atoms with E-state index >= 15 is 0 Å².